The monoisotopic (exact) mass is 403 g/mol. The van der Waals surface area contributed by atoms with E-state index in [0.29, 0.717) is 6.42 Å². The third-order valence-electron chi connectivity index (χ3n) is 5.23. The summed E-state index contributed by atoms with van der Waals surface area (Å²) < 4.78 is 21.1. The lowest BCUT2D eigenvalue weighted by Gasteiger charge is -2.49. The van der Waals surface area contributed by atoms with Gasteiger partial charge < -0.3 is 14.0 Å². The van der Waals surface area contributed by atoms with Crippen LogP contribution in [0.25, 0.3) is 5.65 Å². The molecule has 3 heterocycles. The van der Waals surface area contributed by atoms with Crippen molar-refractivity contribution in [1.82, 2.24) is 9.38 Å². The van der Waals surface area contributed by atoms with Crippen molar-refractivity contribution >= 4 is 29.8 Å². The van der Waals surface area contributed by atoms with Gasteiger partial charge in [-0.3, -0.25) is 4.79 Å². The number of anilines is 1. The van der Waals surface area contributed by atoms with Gasteiger partial charge in [0.15, 0.2) is 0 Å². The molecular formula is C21H23ClFN3O2. The van der Waals surface area contributed by atoms with Crippen molar-refractivity contribution < 1.29 is 13.9 Å². The summed E-state index contributed by atoms with van der Waals surface area (Å²) in [7, 11) is 0. The van der Waals surface area contributed by atoms with Crippen molar-refractivity contribution in [1.29, 1.82) is 0 Å². The number of imidazole rings is 1. The van der Waals surface area contributed by atoms with E-state index in [9.17, 15) is 9.18 Å². The molecule has 0 fully saturated rings. The summed E-state index contributed by atoms with van der Waals surface area (Å²) in [6, 6.07) is 10.6. The Morgan fingerprint density at radius 1 is 1.32 bits per heavy atom. The smallest absolute Gasteiger partial charge is 0.302 e. The summed E-state index contributed by atoms with van der Waals surface area (Å²) in [6.45, 7) is 5.81. The van der Waals surface area contributed by atoms with Crippen LogP contribution >= 0.6 is 12.4 Å². The first kappa shape index (κ1) is 20.1. The molecular weight excluding hydrogens is 381 g/mol. The molecule has 0 saturated carbocycles. The maximum atomic E-state index is 13.8. The molecule has 1 aromatic carbocycles. The number of hydrogen-bond donors (Lipinski definition) is 0. The van der Waals surface area contributed by atoms with Gasteiger partial charge in [0, 0.05) is 13.1 Å². The van der Waals surface area contributed by atoms with Gasteiger partial charge in [-0.25, -0.2) is 9.37 Å². The van der Waals surface area contributed by atoms with E-state index in [1.165, 1.54) is 13.0 Å². The Balaban J connectivity index is 0.00000225. The molecule has 0 bridgehead atoms. The molecule has 1 aliphatic rings. The Morgan fingerprint density at radius 3 is 2.82 bits per heavy atom. The Hall–Kier alpha value is -2.60. The molecule has 1 atom stereocenters. The zero-order valence-corrected chi connectivity index (χ0v) is 16.9. The van der Waals surface area contributed by atoms with Crippen LogP contribution in [0.15, 0.2) is 48.8 Å². The van der Waals surface area contributed by atoms with Gasteiger partial charge >= 0.3 is 5.97 Å². The molecule has 4 rings (SSSR count). The second-order valence-corrected chi connectivity index (χ2v) is 7.46. The fourth-order valence-electron chi connectivity index (χ4n) is 4.12. The highest BCUT2D eigenvalue weighted by Crippen LogP contribution is 2.41. The highest BCUT2D eigenvalue weighted by molar-refractivity contribution is 5.85. The van der Waals surface area contributed by atoms with Crippen LogP contribution in [0, 0.1) is 5.82 Å². The van der Waals surface area contributed by atoms with E-state index in [4.69, 9.17) is 9.72 Å². The SMILES string of the molecule is CC(=O)OCC1Cc2cc(F)ccc2C(C)(C)N1c1cn2ccccc2n1.Cl. The lowest BCUT2D eigenvalue weighted by atomic mass is 9.80. The maximum absolute atomic E-state index is 13.8. The third-order valence-corrected chi connectivity index (χ3v) is 5.23. The Morgan fingerprint density at radius 2 is 2.11 bits per heavy atom. The van der Waals surface area contributed by atoms with Gasteiger partial charge in [0.2, 0.25) is 0 Å². The van der Waals surface area contributed by atoms with E-state index >= 15 is 0 Å². The standard InChI is InChI=1S/C21H22FN3O2.ClH/c1-14(26)27-13-17-11-15-10-16(22)7-8-18(15)21(2,3)25(17)20-12-24-9-5-4-6-19(24)23-20;/h4-10,12,17H,11,13H2,1-3H3;1H. The number of hydrogen-bond acceptors (Lipinski definition) is 4. The predicted octanol–water partition coefficient (Wildman–Crippen LogP) is 4.12. The summed E-state index contributed by atoms with van der Waals surface area (Å²) in [4.78, 5) is 18.4. The number of rotatable bonds is 3. The maximum Gasteiger partial charge on any atom is 0.302 e. The summed E-state index contributed by atoms with van der Waals surface area (Å²) in [5, 5.41) is 0. The van der Waals surface area contributed by atoms with Gasteiger partial charge in [0.1, 0.15) is 23.9 Å². The minimum atomic E-state index is -0.440. The van der Waals surface area contributed by atoms with E-state index in [2.05, 4.69) is 18.7 Å². The molecule has 0 saturated heterocycles. The van der Waals surface area contributed by atoms with Crippen molar-refractivity contribution in [2.45, 2.75) is 38.8 Å². The van der Waals surface area contributed by atoms with E-state index in [1.807, 2.05) is 41.1 Å². The third kappa shape index (κ3) is 3.44. The predicted molar refractivity (Wildman–Crippen MR) is 108 cm³/mol. The fourth-order valence-corrected chi connectivity index (χ4v) is 4.12. The Labute approximate surface area is 169 Å². The van der Waals surface area contributed by atoms with Crippen LogP contribution in [0.4, 0.5) is 10.2 Å². The number of carbonyl (C=O) groups excluding carboxylic acids is 1. The first-order valence-electron chi connectivity index (χ1n) is 9.01. The Kier molecular flexibility index (Phi) is 5.35. The second kappa shape index (κ2) is 7.43. The van der Waals surface area contributed by atoms with E-state index in [1.54, 1.807) is 6.07 Å². The number of nitrogens with zero attached hydrogens (tertiary/aromatic N) is 3. The van der Waals surface area contributed by atoms with Crippen LogP contribution in [0.1, 0.15) is 31.9 Å². The van der Waals surface area contributed by atoms with Gasteiger partial charge in [-0.05, 0) is 55.7 Å². The molecule has 0 N–H and O–H groups in total. The fraction of sp³-hybridized carbons (Fsp3) is 0.333. The summed E-state index contributed by atoms with van der Waals surface area (Å²) in [5.41, 5.74) is 2.40. The van der Waals surface area contributed by atoms with Crippen molar-refractivity contribution in [2.24, 2.45) is 0 Å². The number of carbonyl (C=O) groups is 1. The van der Waals surface area contributed by atoms with Gasteiger partial charge in [0.25, 0.3) is 0 Å². The second-order valence-electron chi connectivity index (χ2n) is 7.46. The number of ether oxygens (including phenoxy) is 1. The Bertz CT molecular complexity index is 985. The molecule has 7 heteroatoms. The van der Waals surface area contributed by atoms with Gasteiger partial charge in [-0.2, -0.15) is 0 Å². The first-order valence-corrected chi connectivity index (χ1v) is 9.01. The summed E-state index contributed by atoms with van der Waals surface area (Å²) >= 11 is 0. The van der Waals surface area contributed by atoms with Gasteiger partial charge in [0.05, 0.1) is 17.8 Å². The average molecular weight is 404 g/mol. The van der Waals surface area contributed by atoms with Crippen LogP contribution in [-0.4, -0.2) is 28.0 Å². The van der Waals surface area contributed by atoms with Gasteiger partial charge in [-0.15, -0.1) is 12.4 Å². The van der Waals surface area contributed by atoms with Crippen molar-refractivity contribution in [3.63, 3.8) is 0 Å². The number of halogens is 2. The van der Waals surface area contributed by atoms with Crippen LogP contribution < -0.4 is 4.90 Å². The minimum absolute atomic E-state index is 0. The lowest BCUT2D eigenvalue weighted by molar-refractivity contribution is -0.141. The number of benzene rings is 1. The molecule has 0 amide bonds. The largest absolute Gasteiger partial charge is 0.464 e. The molecule has 148 valence electrons. The zero-order valence-electron chi connectivity index (χ0n) is 16.1. The van der Waals surface area contributed by atoms with E-state index < -0.39 is 5.54 Å². The first-order chi connectivity index (χ1) is 12.9. The molecule has 0 spiro atoms. The summed E-state index contributed by atoms with van der Waals surface area (Å²) in [5.74, 6) is 0.225. The number of aromatic nitrogens is 2. The highest BCUT2D eigenvalue weighted by Gasteiger charge is 2.42. The number of esters is 1. The van der Waals surface area contributed by atoms with Gasteiger partial charge in [-0.1, -0.05) is 12.1 Å². The van der Waals surface area contributed by atoms with Crippen LogP contribution in [-0.2, 0) is 21.5 Å². The van der Waals surface area contributed by atoms with Crippen molar-refractivity contribution in [2.75, 3.05) is 11.5 Å². The summed E-state index contributed by atoms with van der Waals surface area (Å²) in [6.07, 6.45) is 4.51. The molecule has 2 aromatic heterocycles. The molecule has 5 nitrogen and oxygen atoms in total. The molecule has 3 aromatic rings. The van der Waals surface area contributed by atoms with Crippen LogP contribution in [0.3, 0.4) is 0 Å². The van der Waals surface area contributed by atoms with Crippen molar-refractivity contribution in [3.8, 4) is 0 Å². The highest BCUT2D eigenvalue weighted by atomic mass is 35.5. The molecule has 1 unspecified atom stereocenters. The molecule has 28 heavy (non-hydrogen) atoms. The quantitative estimate of drug-likeness (QED) is 0.617. The van der Waals surface area contributed by atoms with E-state index in [0.717, 1.165) is 22.6 Å². The normalized spacial score (nSPS) is 17.7. The molecule has 0 aliphatic carbocycles. The van der Waals surface area contributed by atoms with Crippen LogP contribution in [0.2, 0.25) is 0 Å². The minimum Gasteiger partial charge on any atom is -0.464 e. The number of fused-ring (bicyclic) bond motifs is 2. The van der Waals surface area contributed by atoms with Crippen LogP contribution in [0.5, 0.6) is 0 Å². The topological polar surface area (TPSA) is 46.8 Å². The molecule has 0 radical (unpaired) electrons. The zero-order chi connectivity index (χ0) is 19.2. The lowest BCUT2D eigenvalue weighted by Crippen LogP contribution is -2.55. The number of pyridine rings is 1. The average Bonchev–Trinajstić information content (AvgIpc) is 3.02. The van der Waals surface area contributed by atoms with E-state index in [-0.39, 0.29) is 36.8 Å². The molecule has 1 aliphatic heterocycles. The van der Waals surface area contributed by atoms with Crippen molar-refractivity contribution in [3.05, 3.63) is 65.7 Å².